The Kier molecular flexibility index (Phi) is 3.08. The molecule has 7 heteroatoms. The summed E-state index contributed by atoms with van der Waals surface area (Å²) in [5.41, 5.74) is 6.75. The van der Waals surface area contributed by atoms with Gasteiger partial charge in [-0.3, -0.25) is 0 Å². The average molecular weight is 287 g/mol. The van der Waals surface area contributed by atoms with E-state index in [2.05, 4.69) is 0 Å². The summed E-state index contributed by atoms with van der Waals surface area (Å²) in [6.07, 6.45) is 2.42. The lowest BCUT2D eigenvalue weighted by Gasteiger charge is -2.04. The largest absolute Gasteiger partial charge is 0.326 e. The summed E-state index contributed by atoms with van der Waals surface area (Å²) in [6.45, 7) is 0.210. The van der Waals surface area contributed by atoms with Crippen molar-refractivity contribution in [1.29, 1.82) is 0 Å². The van der Waals surface area contributed by atoms with E-state index in [-0.39, 0.29) is 16.3 Å². The highest BCUT2D eigenvalue weighted by Gasteiger charge is 2.32. The highest BCUT2D eigenvalue weighted by molar-refractivity contribution is 7.98. The number of nitrogens with two attached hydrogens (primary N) is 1. The van der Waals surface area contributed by atoms with Gasteiger partial charge in [0.1, 0.15) is 0 Å². The van der Waals surface area contributed by atoms with E-state index in [0.29, 0.717) is 11.1 Å². The van der Waals surface area contributed by atoms with E-state index in [0.717, 1.165) is 6.26 Å². The normalized spacial score (nSPS) is 17.3. The maximum atomic E-state index is 12.2. The summed E-state index contributed by atoms with van der Waals surface area (Å²) in [6, 6.07) is 4.81. The van der Waals surface area contributed by atoms with Gasteiger partial charge >= 0.3 is 0 Å². The second kappa shape index (κ2) is 4.18. The molecule has 0 saturated carbocycles. The zero-order valence-electron chi connectivity index (χ0n) is 9.75. The second-order valence-electron chi connectivity index (χ2n) is 4.22. The standard InChI is InChI=1S/C11H13NO4S2/c1-17(13,14)7-9-5-10-8(6-12)3-2-4-11(10)18(9,15)16/h2-5H,6-7,12H2,1H3. The van der Waals surface area contributed by atoms with Crippen molar-refractivity contribution in [2.45, 2.75) is 11.4 Å². The molecular formula is C11H13NO4S2. The van der Waals surface area contributed by atoms with Crippen LogP contribution in [0.1, 0.15) is 11.1 Å². The Balaban J connectivity index is 2.63. The fourth-order valence-corrected chi connectivity index (χ4v) is 5.08. The molecule has 0 aromatic heterocycles. The molecule has 1 aromatic rings. The highest BCUT2D eigenvalue weighted by Crippen LogP contribution is 2.35. The van der Waals surface area contributed by atoms with Crippen LogP contribution >= 0.6 is 0 Å². The van der Waals surface area contributed by atoms with Gasteiger partial charge in [0.25, 0.3) is 0 Å². The van der Waals surface area contributed by atoms with Crippen LogP contribution in [0.25, 0.3) is 6.08 Å². The number of hydrogen-bond donors (Lipinski definition) is 1. The van der Waals surface area contributed by atoms with Gasteiger partial charge in [-0.05, 0) is 23.3 Å². The topological polar surface area (TPSA) is 94.3 Å². The van der Waals surface area contributed by atoms with Crippen LogP contribution in [-0.4, -0.2) is 28.8 Å². The monoisotopic (exact) mass is 287 g/mol. The van der Waals surface area contributed by atoms with Crippen LogP contribution < -0.4 is 5.73 Å². The maximum absolute atomic E-state index is 12.2. The van der Waals surface area contributed by atoms with E-state index in [9.17, 15) is 16.8 Å². The van der Waals surface area contributed by atoms with Crippen molar-refractivity contribution in [1.82, 2.24) is 0 Å². The molecule has 0 atom stereocenters. The fraction of sp³-hybridized carbons (Fsp3) is 0.273. The predicted molar refractivity (Wildman–Crippen MR) is 69.2 cm³/mol. The minimum Gasteiger partial charge on any atom is -0.326 e. The van der Waals surface area contributed by atoms with Crippen LogP contribution in [0.5, 0.6) is 0 Å². The Bertz CT molecular complexity index is 730. The van der Waals surface area contributed by atoms with Crippen molar-refractivity contribution in [3.05, 3.63) is 34.2 Å². The quantitative estimate of drug-likeness (QED) is 0.864. The van der Waals surface area contributed by atoms with E-state index in [1.54, 1.807) is 12.1 Å². The van der Waals surface area contributed by atoms with Gasteiger partial charge in [-0.1, -0.05) is 12.1 Å². The van der Waals surface area contributed by atoms with E-state index < -0.39 is 25.4 Å². The molecule has 0 bridgehead atoms. The Hall–Kier alpha value is -1.18. The number of rotatable bonds is 3. The predicted octanol–water partition coefficient (Wildman–Crippen LogP) is 0.318. The second-order valence-corrected chi connectivity index (χ2v) is 8.33. The van der Waals surface area contributed by atoms with Crippen molar-refractivity contribution in [3.8, 4) is 0 Å². The van der Waals surface area contributed by atoms with Crippen LogP contribution in [0, 0.1) is 0 Å². The molecule has 0 unspecified atom stereocenters. The zero-order valence-corrected chi connectivity index (χ0v) is 11.4. The lowest BCUT2D eigenvalue weighted by atomic mass is 10.1. The molecule has 1 heterocycles. The van der Waals surface area contributed by atoms with Gasteiger partial charge in [0.05, 0.1) is 15.6 Å². The Morgan fingerprint density at radius 3 is 2.50 bits per heavy atom. The van der Waals surface area contributed by atoms with Crippen LogP contribution in [-0.2, 0) is 26.2 Å². The Labute approximate surface area is 106 Å². The first-order valence-corrected chi connectivity index (χ1v) is 8.75. The van der Waals surface area contributed by atoms with E-state index in [4.69, 9.17) is 5.73 Å². The summed E-state index contributed by atoms with van der Waals surface area (Å²) < 4.78 is 46.8. The lowest BCUT2D eigenvalue weighted by Crippen LogP contribution is -2.11. The molecule has 5 nitrogen and oxygen atoms in total. The highest BCUT2D eigenvalue weighted by atomic mass is 32.2. The van der Waals surface area contributed by atoms with Gasteiger partial charge in [-0.2, -0.15) is 0 Å². The minimum atomic E-state index is -3.69. The summed E-state index contributed by atoms with van der Waals surface area (Å²) in [5.74, 6) is -0.478. The number of hydrogen-bond acceptors (Lipinski definition) is 5. The molecule has 0 fully saturated rings. The molecule has 98 valence electrons. The SMILES string of the molecule is CS(=O)(=O)CC1=Cc2c(CN)cccc2S1(=O)=O. The molecule has 0 aliphatic carbocycles. The molecule has 2 N–H and O–H groups in total. The fourth-order valence-electron chi connectivity index (χ4n) is 1.92. The average Bonchev–Trinajstić information content (AvgIpc) is 2.49. The van der Waals surface area contributed by atoms with Gasteiger partial charge in [0.15, 0.2) is 9.84 Å². The molecule has 18 heavy (non-hydrogen) atoms. The zero-order chi connectivity index (χ0) is 13.6. The Morgan fingerprint density at radius 2 is 1.94 bits per heavy atom. The van der Waals surface area contributed by atoms with Crippen molar-refractivity contribution in [2.24, 2.45) is 5.73 Å². The molecule has 1 aromatic carbocycles. The van der Waals surface area contributed by atoms with Crippen molar-refractivity contribution in [2.75, 3.05) is 12.0 Å². The van der Waals surface area contributed by atoms with Crippen molar-refractivity contribution < 1.29 is 16.8 Å². The van der Waals surface area contributed by atoms with Crippen molar-refractivity contribution >= 4 is 25.8 Å². The van der Waals surface area contributed by atoms with Gasteiger partial charge < -0.3 is 5.73 Å². The number of fused-ring (bicyclic) bond motifs is 1. The molecule has 2 rings (SSSR count). The van der Waals surface area contributed by atoms with Crippen molar-refractivity contribution in [3.63, 3.8) is 0 Å². The van der Waals surface area contributed by atoms with E-state index >= 15 is 0 Å². The molecule has 0 saturated heterocycles. The van der Waals surface area contributed by atoms with Gasteiger partial charge in [0.2, 0.25) is 9.84 Å². The first kappa shape index (κ1) is 13.3. The van der Waals surface area contributed by atoms with Crippen LogP contribution in [0.2, 0.25) is 0 Å². The third-order valence-corrected chi connectivity index (χ3v) is 5.63. The first-order chi connectivity index (χ1) is 8.25. The molecule has 1 aliphatic rings. The van der Waals surface area contributed by atoms with E-state index in [1.807, 2.05) is 0 Å². The number of sulfone groups is 2. The van der Waals surface area contributed by atoms with Crippen LogP contribution in [0.4, 0.5) is 0 Å². The van der Waals surface area contributed by atoms with E-state index in [1.165, 1.54) is 12.1 Å². The van der Waals surface area contributed by atoms with Gasteiger partial charge in [-0.25, -0.2) is 16.8 Å². The summed E-state index contributed by atoms with van der Waals surface area (Å²) in [5, 5.41) is 0. The number of benzene rings is 1. The Morgan fingerprint density at radius 1 is 1.28 bits per heavy atom. The summed E-state index contributed by atoms with van der Waals surface area (Å²) in [7, 11) is -7.08. The summed E-state index contributed by atoms with van der Waals surface area (Å²) >= 11 is 0. The van der Waals surface area contributed by atoms with Crippen LogP contribution in [0.3, 0.4) is 0 Å². The molecular weight excluding hydrogens is 274 g/mol. The van der Waals surface area contributed by atoms with Gasteiger partial charge in [0, 0.05) is 12.8 Å². The third kappa shape index (κ3) is 2.21. The minimum absolute atomic E-state index is 0.0825. The summed E-state index contributed by atoms with van der Waals surface area (Å²) in [4.78, 5) is 0.0602. The lowest BCUT2D eigenvalue weighted by molar-refractivity contribution is 0.596. The molecule has 0 radical (unpaired) electrons. The molecule has 1 aliphatic heterocycles. The molecule has 0 amide bonds. The third-order valence-electron chi connectivity index (χ3n) is 2.72. The maximum Gasteiger partial charge on any atom is 0.204 e. The van der Waals surface area contributed by atoms with Gasteiger partial charge in [-0.15, -0.1) is 0 Å². The molecule has 0 spiro atoms. The first-order valence-electron chi connectivity index (χ1n) is 5.21. The smallest absolute Gasteiger partial charge is 0.204 e. The van der Waals surface area contributed by atoms with Crippen LogP contribution in [0.15, 0.2) is 28.0 Å².